The number of likely N-dealkylation sites (N-methyl/N-ethyl adjacent to an activating group) is 1. The Hall–Kier alpha value is -1.50. The van der Waals surface area contributed by atoms with Crippen LogP contribution in [0.1, 0.15) is 46.5 Å². The molecule has 20 heavy (non-hydrogen) atoms. The molecule has 0 N–H and O–H groups in total. The molecule has 0 aromatic rings. The zero-order valence-electron chi connectivity index (χ0n) is 13.6. The number of hydrogen-bond acceptors (Lipinski definition) is 1. The van der Waals surface area contributed by atoms with Gasteiger partial charge in [-0.2, -0.15) is 0 Å². The third kappa shape index (κ3) is 4.56. The van der Waals surface area contributed by atoms with E-state index in [1.165, 1.54) is 18.4 Å². The van der Waals surface area contributed by atoms with E-state index in [0.29, 0.717) is 0 Å². The van der Waals surface area contributed by atoms with Gasteiger partial charge in [-0.05, 0) is 49.8 Å². The van der Waals surface area contributed by atoms with E-state index in [9.17, 15) is 0 Å². The molecule has 110 valence electrons. The van der Waals surface area contributed by atoms with Gasteiger partial charge in [0.05, 0.1) is 0 Å². The van der Waals surface area contributed by atoms with E-state index in [4.69, 9.17) is 0 Å². The van der Waals surface area contributed by atoms with Crippen LogP contribution >= 0.6 is 0 Å². The molecule has 0 saturated heterocycles. The van der Waals surface area contributed by atoms with Crippen LogP contribution in [0.15, 0.2) is 59.4 Å². The molecule has 1 aliphatic carbocycles. The Balaban J connectivity index is 0.000000612. The number of hydrogen-bond donors (Lipinski definition) is 0. The van der Waals surface area contributed by atoms with Crippen LogP contribution in [0.2, 0.25) is 0 Å². The van der Waals surface area contributed by atoms with Gasteiger partial charge >= 0.3 is 0 Å². The maximum Gasteiger partial charge on any atom is 0.0391 e. The molecule has 1 heterocycles. The second kappa shape index (κ2) is 8.63. The smallest absolute Gasteiger partial charge is 0.0391 e. The minimum atomic E-state index is 1.09. The highest BCUT2D eigenvalue weighted by Crippen LogP contribution is 2.30. The highest BCUT2D eigenvalue weighted by Gasteiger charge is 2.17. The lowest BCUT2D eigenvalue weighted by atomic mass is 9.99. The summed E-state index contributed by atoms with van der Waals surface area (Å²) < 4.78 is 0. The van der Waals surface area contributed by atoms with Gasteiger partial charge in [-0.3, -0.25) is 0 Å². The van der Waals surface area contributed by atoms with Crippen molar-refractivity contribution in [3.05, 3.63) is 59.4 Å². The van der Waals surface area contributed by atoms with E-state index in [0.717, 1.165) is 19.4 Å². The molecular formula is C19H29N. The third-order valence-electron chi connectivity index (χ3n) is 3.69. The SMILES string of the molecule is C=CC.CCCC1=C(C)CC2=C(CC=CC=C2)CN1C. The summed E-state index contributed by atoms with van der Waals surface area (Å²) in [6.07, 6.45) is 15.4. The average molecular weight is 271 g/mol. The summed E-state index contributed by atoms with van der Waals surface area (Å²) in [5, 5.41) is 0. The van der Waals surface area contributed by atoms with Crippen molar-refractivity contribution < 1.29 is 0 Å². The van der Waals surface area contributed by atoms with Gasteiger partial charge in [0.25, 0.3) is 0 Å². The largest absolute Gasteiger partial charge is 0.374 e. The molecule has 1 aliphatic heterocycles. The average Bonchev–Trinajstić information content (AvgIpc) is 2.67. The molecule has 0 aromatic heterocycles. The summed E-state index contributed by atoms with van der Waals surface area (Å²) in [5.74, 6) is 0. The molecule has 0 saturated carbocycles. The van der Waals surface area contributed by atoms with Crippen LogP contribution in [-0.2, 0) is 0 Å². The Bertz CT molecular complexity index is 446. The van der Waals surface area contributed by atoms with Gasteiger partial charge in [0, 0.05) is 19.3 Å². The fourth-order valence-electron chi connectivity index (χ4n) is 2.80. The molecule has 0 bridgehead atoms. The van der Waals surface area contributed by atoms with Crippen LogP contribution in [0.25, 0.3) is 0 Å². The number of allylic oxidation sites excluding steroid dienone is 8. The highest BCUT2D eigenvalue weighted by molar-refractivity contribution is 5.39. The second-order valence-corrected chi connectivity index (χ2v) is 5.54. The van der Waals surface area contributed by atoms with E-state index < -0.39 is 0 Å². The molecule has 1 heteroatoms. The quantitative estimate of drug-likeness (QED) is 0.608. The van der Waals surface area contributed by atoms with Crippen LogP contribution in [0.4, 0.5) is 0 Å². The first-order valence-corrected chi connectivity index (χ1v) is 7.64. The lowest BCUT2D eigenvalue weighted by Crippen LogP contribution is -2.20. The van der Waals surface area contributed by atoms with Gasteiger partial charge in [-0.15, -0.1) is 6.58 Å². The van der Waals surface area contributed by atoms with Gasteiger partial charge in [0.2, 0.25) is 0 Å². The van der Waals surface area contributed by atoms with Crippen molar-refractivity contribution in [1.82, 2.24) is 4.90 Å². The summed E-state index contributed by atoms with van der Waals surface area (Å²) >= 11 is 0. The Kier molecular flexibility index (Phi) is 7.14. The van der Waals surface area contributed by atoms with Crippen LogP contribution in [0.3, 0.4) is 0 Å². The van der Waals surface area contributed by atoms with Gasteiger partial charge in [-0.25, -0.2) is 0 Å². The molecule has 2 rings (SSSR count). The van der Waals surface area contributed by atoms with Gasteiger partial charge in [-0.1, -0.05) is 43.7 Å². The standard InChI is InChI=1S/C16H23N.C3H6/c1-4-8-16-13(2)11-14-9-6-5-7-10-15(14)12-17(16)3;1-3-2/h5-7,9H,4,8,10-12H2,1-3H3;3H,1H2,2H3. The first-order valence-electron chi connectivity index (χ1n) is 7.64. The van der Waals surface area contributed by atoms with Crippen molar-refractivity contribution in [1.29, 1.82) is 0 Å². The van der Waals surface area contributed by atoms with E-state index >= 15 is 0 Å². The molecule has 1 nitrogen and oxygen atoms in total. The summed E-state index contributed by atoms with van der Waals surface area (Å²) in [7, 11) is 2.24. The van der Waals surface area contributed by atoms with Crippen molar-refractivity contribution >= 4 is 0 Å². The van der Waals surface area contributed by atoms with Crippen molar-refractivity contribution in [2.24, 2.45) is 0 Å². The summed E-state index contributed by atoms with van der Waals surface area (Å²) in [5.41, 5.74) is 6.22. The Morgan fingerprint density at radius 3 is 2.70 bits per heavy atom. The second-order valence-electron chi connectivity index (χ2n) is 5.54. The zero-order chi connectivity index (χ0) is 15.0. The van der Waals surface area contributed by atoms with E-state index in [2.05, 4.69) is 56.7 Å². The fourth-order valence-corrected chi connectivity index (χ4v) is 2.80. The predicted molar refractivity (Wildman–Crippen MR) is 90.6 cm³/mol. The lowest BCUT2D eigenvalue weighted by Gasteiger charge is -2.23. The van der Waals surface area contributed by atoms with Crippen LogP contribution < -0.4 is 0 Å². The monoisotopic (exact) mass is 271 g/mol. The van der Waals surface area contributed by atoms with E-state index in [1.807, 2.05) is 6.92 Å². The molecule has 0 unspecified atom stereocenters. The molecule has 0 amide bonds. The Morgan fingerprint density at radius 2 is 2.05 bits per heavy atom. The third-order valence-corrected chi connectivity index (χ3v) is 3.69. The van der Waals surface area contributed by atoms with E-state index in [-0.39, 0.29) is 0 Å². The van der Waals surface area contributed by atoms with Gasteiger partial charge in [0.15, 0.2) is 0 Å². The summed E-state index contributed by atoms with van der Waals surface area (Å²) in [4.78, 5) is 2.45. The van der Waals surface area contributed by atoms with Gasteiger partial charge in [0.1, 0.15) is 0 Å². The predicted octanol–water partition coefficient (Wildman–Crippen LogP) is 5.40. The molecule has 0 aromatic carbocycles. The van der Waals surface area contributed by atoms with Crippen molar-refractivity contribution in [2.75, 3.05) is 13.6 Å². The normalized spacial score (nSPS) is 18.1. The fraction of sp³-hybridized carbons (Fsp3) is 0.474. The first-order chi connectivity index (χ1) is 9.63. The minimum absolute atomic E-state index is 1.09. The molecule has 0 atom stereocenters. The molecular weight excluding hydrogens is 242 g/mol. The first kappa shape index (κ1) is 16.6. The highest BCUT2D eigenvalue weighted by atomic mass is 15.1. The maximum absolute atomic E-state index is 3.36. The van der Waals surface area contributed by atoms with Crippen LogP contribution in [0, 0.1) is 0 Å². The summed E-state index contributed by atoms with van der Waals surface area (Å²) in [6, 6.07) is 0. The Labute approximate surface area is 125 Å². The topological polar surface area (TPSA) is 3.24 Å². The van der Waals surface area contributed by atoms with Crippen molar-refractivity contribution in [3.63, 3.8) is 0 Å². The van der Waals surface area contributed by atoms with Crippen LogP contribution in [0.5, 0.6) is 0 Å². The zero-order valence-corrected chi connectivity index (χ0v) is 13.6. The number of rotatable bonds is 2. The minimum Gasteiger partial charge on any atom is -0.374 e. The number of nitrogens with zero attached hydrogens (tertiary/aromatic N) is 1. The van der Waals surface area contributed by atoms with Crippen molar-refractivity contribution in [2.45, 2.75) is 46.5 Å². The van der Waals surface area contributed by atoms with Crippen molar-refractivity contribution in [3.8, 4) is 0 Å². The van der Waals surface area contributed by atoms with E-state index in [1.54, 1.807) is 22.9 Å². The Morgan fingerprint density at radius 1 is 1.35 bits per heavy atom. The molecule has 0 spiro atoms. The summed E-state index contributed by atoms with van der Waals surface area (Å²) in [6.45, 7) is 10.9. The molecule has 0 radical (unpaired) electrons. The van der Waals surface area contributed by atoms with Gasteiger partial charge < -0.3 is 4.90 Å². The maximum atomic E-state index is 3.36. The lowest BCUT2D eigenvalue weighted by molar-refractivity contribution is 0.427. The molecule has 2 aliphatic rings. The molecule has 0 fully saturated rings. The van der Waals surface area contributed by atoms with Crippen LogP contribution in [-0.4, -0.2) is 18.5 Å².